The quantitative estimate of drug-likeness (QED) is 0.226. The Labute approximate surface area is 133 Å². The fourth-order valence-corrected chi connectivity index (χ4v) is 2.51. The lowest BCUT2D eigenvalue weighted by atomic mass is 10.1. The van der Waals surface area contributed by atoms with Crippen LogP contribution in [-0.4, -0.2) is 60.2 Å². The van der Waals surface area contributed by atoms with Crippen molar-refractivity contribution in [1.82, 2.24) is 15.4 Å². The van der Waals surface area contributed by atoms with Crippen molar-refractivity contribution in [3.05, 3.63) is 11.1 Å². The molecule has 0 saturated carbocycles. The summed E-state index contributed by atoms with van der Waals surface area (Å²) in [6.45, 7) is -0.274. The molecule has 2 amide bonds. The number of carbonyl (C=O) groups is 2. The maximum Gasteiger partial charge on any atom is 0.418 e. The number of nitrogens with two attached hydrogens (primary N) is 1. The predicted octanol–water partition coefficient (Wildman–Crippen LogP) is -1.86. The molecule has 23 heavy (non-hydrogen) atoms. The van der Waals surface area contributed by atoms with E-state index in [0.717, 1.165) is 11.3 Å². The molecule has 1 aromatic heterocycles. The monoisotopic (exact) mass is 365 g/mol. The number of oxime groups is 1. The Hall–Kier alpha value is -2.29. The van der Waals surface area contributed by atoms with E-state index >= 15 is 0 Å². The molecule has 1 aliphatic heterocycles. The fraction of sp³-hybridized carbons (Fsp3) is 0.333. The molecule has 126 valence electrons. The molecule has 2 heterocycles. The Morgan fingerprint density at radius 3 is 2.83 bits per heavy atom. The number of hydrogen-bond acceptors (Lipinski definition) is 10. The van der Waals surface area contributed by atoms with Gasteiger partial charge >= 0.3 is 10.4 Å². The van der Waals surface area contributed by atoms with E-state index in [9.17, 15) is 18.0 Å². The lowest BCUT2D eigenvalue weighted by Gasteiger charge is -2.35. The number of anilines is 1. The third-order valence-corrected chi connectivity index (χ3v) is 3.59. The van der Waals surface area contributed by atoms with E-state index in [1.807, 2.05) is 0 Å². The topological polar surface area (TPSA) is 174 Å². The van der Waals surface area contributed by atoms with E-state index < -0.39 is 28.3 Å². The van der Waals surface area contributed by atoms with Crippen LogP contribution in [0.5, 0.6) is 0 Å². The van der Waals surface area contributed by atoms with Gasteiger partial charge in [-0.05, 0) is 0 Å². The molecule has 1 aromatic rings. The number of carbonyl (C=O) groups excluding carboxylic acids is 2. The summed E-state index contributed by atoms with van der Waals surface area (Å²) < 4.78 is 33.4. The average molecular weight is 365 g/mol. The second kappa shape index (κ2) is 6.45. The summed E-state index contributed by atoms with van der Waals surface area (Å²) in [4.78, 5) is 32.1. The maximum absolute atomic E-state index is 12.1. The number of nitrogens with one attached hydrogen (secondary N) is 1. The first-order chi connectivity index (χ1) is 10.7. The van der Waals surface area contributed by atoms with Crippen LogP contribution in [0.15, 0.2) is 10.5 Å². The smallest absolute Gasteiger partial charge is 0.398 e. The molecule has 0 aliphatic carbocycles. The first-order valence-electron chi connectivity index (χ1n) is 5.83. The van der Waals surface area contributed by atoms with Crippen molar-refractivity contribution in [3.8, 4) is 0 Å². The summed E-state index contributed by atoms with van der Waals surface area (Å²) in [6.07, 6.45) is 0. The van der Waals surface area contributed by atoms with Crippen LogP contribution >= 0.6 is 11.3 Å². The average Bonchev–Trinajstić information content (AvgIpc) is 2.88. The van der Waals surface area contributed by atoms with Gasteiger partial charge in [-0.25, -0.2) is 4.98 Å². The highest BCUT2D eigenvalue weighted by Crippen LogP contribution is 2.15. The molecule has 14 heteroatoms. The Kier molecular flexibility index (Phi) is 4.79. The summed E-state index contributed by atoms with van der Waals surface area (Å²) in [6, 6.07) is -1.04. The first kappa shape index (κ1) is 17.1. The second-order valence-corrected chi connectivity index (χ2v) is 6.02. The SMILES string of the molecule is CON=C(C(=O)N[C@H]1CN(OS(=O)(=O)O)C1=O)c1csc(N)n1. The van der Waals surface area contributed by atoms with E-state index in [2.05, 4.69) is 24.6 Å². The number of aromatic nitrogens is 1. The number of β-lactam (4-membered cyclic amide) rings is 1. The zero-order valence-corrected chi connectivity index (χ0v) is 13.1. The first-order valence-corrected chi connectivity index (χ1v) is 8.07. The highest BCUT2D eigenvalue weighted by Gasteiger charge is 2.42. The van der Waals surface area contributed by atoms with Crippen LogP contribution in [0.25, 0.3) is 0 Å². The summed E-state index contributed by atoms with van der Waals surface area (Å²) in [7, 11) is -3.59. The molecular formula is C9H11N5O7S2. The Bertz CT molecular complexity index is 758. The Morgan fingerprint density at radius 2 is 2.35 bits per heavy atom. The lowest BCUT2D eigenvalue weighted by Crippen LogP contribution is -2.64. The highest BCUT2D eigenvalue weighted by molar-refractivity contribution is 7.80. The van der Waals surface area contributed by atoms with E-state index in [1.54, 1.807) is 0 Å². The van der Waals surface area contributed by atoms with Gasteiger partial charge < -0.3 is 15.9 Å². The van der Waals surface area contributed by atoms with Crippen molar-refractivity contribution in [2.75, 3.05) is 19.4 Å². The predicted molar refractivity (Wildman–Crippen MR) is 76.3 cm³/mol. The molecule has 0 unspecified atom stereocenters. The van der Waals surface area contributed by atoms with Gasteiger partial charge in [0.25, 0.3) is 11.8 Å². The van der Waals surface area contributed by atoms with Crippen molar-refractivity contribution < 1.29 is 31.7 Å². The maximum atomic E-state index is 12.1. The van der Waals surface area contributed by atoms with Gasteiger partial charge in [0.2, 0.25) is 0 Å². The molecule has 1 aliphatic rings. The van der Waals surface area contributed by atoms with Crippen molar-refractivity contribution in [2.24, 2.45) is 5.16 Å². The number of hydroxylamine groups is 2. The molecule has 0 radical (unpaired) electrons. The van der Waals surface area contributed by atoms with Crippen LogP contribution in [0, 0.1) is 0 Å². The third-order valence-electron chi connectivity index (χ3n) is 2.54. The number of nitrogens with zero attached hydrogens (tertiary/aromatic N) is 3. The normalized spacial score (nSPS) is 18.5. The van der Waals surface area contributed by atoms with E-state index in [1.165, 1.54) is 12.5 Å². The summed E-state index contributed by atoms with van der Waals surface area (Å²) >= 11 is 1.08. The second-order valence-electron chi connectivity index (χ2n) is 4.12. The molecule has 12 nitrogen and oxygen atoms in total. The number of amides is 2. The number of hydrogen-bond donors (Lipinski definition) is 3. The van der Waals surface area contributed by atoms with Gasteiger partial charge in [0.15, 0.2) is 10.8 Å². The molecule has 2 rings (SSSR count). The van der Waals surface area contributed by atoms with Gasteiger partial charge in [0.1, 0.15) is 18.8 Å². The lowest BCUT2D eigenvalue weighted by molar-refractivity contribution is -0.181. The Morgan fingerprint density at radius 1 is 1.65 bits per heavy atom. The zero-order valence-electron chi connectivity index (χ0n) is 11.5. The minimum atomic E-state index is -4.81. The highest BCUT2D eigenvalue weighted by atomic mass is 32.3. The van der Waals surface area contributed by atoms with Crippen LogP contribution < -0.4 is 11.1 Å². The molecular weight excluding hydrogens is 354 g/mol. The summed E-state index contributed by atoms with van der Waals surface area (Å²) in [5, 5.41) is 7.90. The summed E-state index contributed by atoms with van der Waals surface area (Å²) in [5.74, 6) is -1.63. The minimum Gasteiger partial charge on any atom is -0.398 e. The van der Waals surface area contributed by atoms with Crippen LogP contribution in [0.3, 0.4) is 0 Å². The number of rotatable bonds is 6. The van der Waals surface area contributed by atoms with Crippen LogP contribution in [0.2, 0.25) is 0 Å². The molecule has 0 aromatic carbocycles. The van der Waals surface area contributed by atoms with Gasteiger partial charge in [-0.3, -0.25) is 14.1 Å². The standard InChI is InChI=1S/C9H11N5O7S2/c1-20-13-6(5-3-22-9(10)12-5)7(15)11-4-2-14(8(4)16)21-23(17,18)19/h3-4H,2H2,1H3,(H2,10,12)(H,11,15)(H,17,18,19)/t4-/m0/s1. The fourth-order valence-electron chi connectivity index (χ4n) is 1.60. The van der Waals surface area contributed by atoms with Crippen molar-refractivity contribution in [3.63, 3.8) is 0 Å². The van der Waals surface area contributed by atoms with Gasteiger partial charge in [0, 0.05) is 5.38 Å². The summed E-state index contributed by atoms with van der Waals surface area (Å²) in [5.41, 5.74) is 5.42. The van der Waals surface area contributed by atoms with Crippen molar-refractivity contribution in [2.45, 2.75) is 6.04 Å². The van der Waals surface area contributed by atoms with Crippen LogP contribution in [-0.2, 0) is 29.1 Å². The zero-order chi connectivity index (χ0) is 17.2. The number of thiazole rings is 1. The largest absolute Gasteiger partial charge is 0.418 e. The molecule has 0 spiro atoms. The molecule has 4 N–H and O–H groups in total. The van der Waals surface area contributed by atoms with E-state index in [0.29, 0.717) is 5.06 Å². The van der Waals surface area contributed by atoms with Gasteiger partial charge in [-0.15, -0.1) is 15.6 Å². The molecule has 1 atom stereocenters. The Balaban J connectivity index is 2.01. The van der Waals surface area contributed by atoms with Gasteiger partial charge in [-0.1, -0.05) is 5.16 Å². The van der Waals surface area contributed by atoms with Gasteiger partial charge in [0.05, 0.1) is 6.54 Å². The molecule has 1 saturated heterocycles. The minimum absolute atomic E-state index is 0.157. The van der Waals surface area contributed by atoms with E-state index in [-0.39, 0.29) is 23.1 Å². The van der Waals surface area contributed by atoms with Crippen molar-refractivity contribution in [1.29, 1.82) is 0 Å². The van der Waals surface area contributed by atoms with E-state index in [4.69, 9.17) is 10.3 Å². The van der Waals surface area contributed by atoms with Crippen LogP contribution in [0.1, 0.15) is 5.69 Å². The number of nitrogen functional groups attached to an aromatic ring is 1. The van der Waals surface area contributed by atoms with Crippen LogP contribution in [0.4, 0.5) is 5.13 Å². The molecule has 0 bridgehead atoms. The van der Waals surface area contributed by atoms with Crippen molar-refractivity contribution >= 4 is 44.4 Å². The third kappa shape index (κ3) is 4.13. The van der Waals surface area contributed by atoms with Gasteiger partial charge in [-0.2, -0.15) is 13.5 Å². The molecule has 1 fully saturated rings.